The molecular weight excluding hydrogens is 358 g/mol. The maximum atomic E-state index is 10.1. The van der Waals surface area contributed by atoms with Crippen LogP contribution in [-0.2, 0) is 31.7 Å². The predicted molar refractivity (Wildman–Crippen MR) is 32.5 cm³/mol. The molecule has 0 saturated heterocycles. The average Bonchev–Trinajstić information content (AvgIpc) is 1.59. The summed E-state index contributed by atoms with van der Waals surface area (Å²) in [7, 11) is -4.10. The minimum Gasteiger partial charge on any atom is -0.480 e. The minimum atomic E-state index is -4.10. The third-order valence-corrected chi connectivity index (χ3v) is 1.23. The summed E-state index contributed by atoms with van der Waals surface area (Å²) in [6.07, 6.45) is -0.598. The van der Waals surface area contributed by atoms with Gasteiger partial charge in [-0.1, -0.05) is 0 Å². The molecule has 0 aromatic heterocycles. The Morgan fingerprint density at radius 2 is 1.91 bits per heavy atom. The Kier molecular flexibility index (Phi) is 7.45. The largest absolute Gasteiger partial charge is 0.480 e. The van der Waals surface area contributed by atoms with Gasteiger partial charge in [-0.15, -0.1) is 0 Å². The molecule has 11 heavy (non-hydrogen) atoms. The number of carboxylic acids is 1. The molecule has 0 rings (SSSR count). The van der Waals surface area contributed by atoms with Crippen molar-refractivity contribution >= 4 is 13.6 Å². The van der Waals surface area contributed by atoms with Crippen molar-refractivity contribution in [1.29, 1.82) is 0 Å². The van der Waals surface area contributed by atoms with Crippen molar-refractivity contribution in [3.8, 4) is 0 Å². The van der Waals surface area contributed by atoms with E-state index in [0.717, 1.165) is 0 Å². The van der Waals surface area contributed by atoms with Crippen LogP contribution in [0.5, 0.6) is 0 Å². The summed E-state index contributed by atoms with van der Waals surface area (Å²) in [5.41, 5.74) is 0. The minimum absolute atomic E-state index is 0. The third kappa shape index (κ3) is 13.3. The number of rotatable bonds is 4. The van der Waals surface area contributed by atoms with Crippen LogP contribution in [0.2, 0.25) is 0 Å². The van der Waals surface area contributed by atoms with Crippen molar-refractivity contribution in [1.82, 2.24) is 5.32 Å². The van der Waals surface area contributed by atoms with Gasteiger partial charge in [-0.05, 0) is 0 Å². The first-order valence-electron chi connectivity index (χ1n) is 2.39. The van der Waals surface area contributed by atoms with E-state index in [1.807, 2.05) is 0 Å². The first kappa shape index (κ1) is 13.9. The van der Waals surface area contributed by atoms with Crippen molar-refractivity contribution in [3.63, 3.8) is 0 Å². The van der Waals surface area contributed by atoms with Gasteiger partial charge in [0, 0.05) is 22.4 Å². The topological polar surface area (TPSA) is 107 Å². The molecule has 1 radical (unpaired) electrons. The van der Waals surface area contributed by atoms with E-state index in [1.165, 1.54) is 0 Å². The first-order chi connectivity index (χ1) is 4.42. The molecule has 0 fully saturated rings. The normalized spacial score (nSPS) is 10.4. The summed E-state index contributed by atoms with van der Waals surface area (Å²) < 4.78 is 10.1. The number of hydrogen-bond donors (Lipinski definition) is 4. The molecular formula is C3H8AuNO5P. The van der Waals surface area contributed by atoms with Gasteiger partial charge in [-0.2, -0.15) is 0 Å². The standard InChI is InChI=1S/C3H8NO5P.Au/c5-3(6)1-4-2-10(7,8)9;/h4H,1-2H2,(H,5,6)(H2,7,8,9);. The molecule has 0 heterocycles. The molecule has 0 saturated carbocycles. The fourth-order valence-electron chi connectivity index (χ4n) is 0.308. The molecule has 71 valence electrons. The smallest absolute Gasteiger partial charge is 0.339 e. The van der Waals surface area contributed by atoms with Crippen LogP contribution in [0, 0.1) is 0 Å². The van der Waals surface area contributed by atoms with Crippen LogP contribution in [0.3, 0.4) is 0 Å². The van der Waals surface area contributed by atoms with Gasteiger partial charge < -0.3 is 14.9 Å². The van der Waals surface area contributed by atoms with E-state index in [-0.39, 0.29) is 22.4 Å². The SMILES string of the molecule is O=C(O)CNCP(=O)(O)O.[Au]. The Balaban J connectivity index is 0. The van der Waals surface area contributed by atoms with Gasteiger partial charge in [-0.3, -0.25) is 14.7 Å². The Morgan fingerprint density at radius 1 is 1.45 bits per heavy atom. The van der Waals surface area contributed by atoms with Crippen molar-refractivity contribution in [2.75, 3.05) is 12.8 Å². The van der Waals surface area contributed by atoms with E-state index >= 15 is 0 Å². The van der Waals surface area contributed by atoms with Gasteiger partial charge in [-0.25, -0.2) is 0 Å². The summed E-state index contributed by atoms with van der Waals surface area (Å²) in [5, 5.41) is 10.1. The van der Waals surface area contributed by atoms with Crippen LogP contribution >= 0.6 is 7.60 Å². The van der Waals surface area contributed by atoms with Crippen LogP contribution in [0.1, 0.15) is 0 Å². The zero-order valence-corrected chi connectivity index (χ0v) is 8.38. The van der Waals surface area contributed by atoms with E-state index in [2.05, 4.69) is 5.32 Å². The molecule has 0 atom stereocenters. The van der Waals surface area contributed by atoms with Gasteiger partial charge in [0.15, 0.2) is 0 Å². The zero-order valence-electron chi connectivity index (χ0n) is 5.32. The van der Waals surface area contributed by atoms with Crippen LogP contribution in [0.15, 0.2) is 0 Å². The molecule has 0 aliphatic rings. The zero-order chi connectivity index (χ0) is 8.20. The molecule has 0 unspecified atom stereocenters. The van der Waals surface area contributed by atoms with Crippen LogP contribution < -0.4 is 5.32 Å². The van der Waals surface area contributed by atoms with Crippen molar-refractivity contribution in [3.05, 3.63) is 0 Å². The first-order valence-corrected chi connectivity index (χ1v) is 4.18. The second kappa shape index (κ2) is 5.91. The molecule has 6 nitrogen and oxygen atoms in total. The third-order valence-electron chi connectivity index (χ3n) is 0.594. The summed E-state index contributed by atoms with van der Waals surface area (Å²) in [6, 6.07) is 0. The van der Waals surface area contributed by atoms with Gasteiger partial charge in [0.1, 0.15) is 0 Å². The van der Waals surface area contributed by atoms with E-state index in [4.69, 9.17) is 14.9 Å². The molecule has 4 N–H and O–H groups in total. The van der Waals surface area contributed by atoms with E-state index in [9.17, 15) is 9.36 Å². The number of nitrogens with one attached hydrogen (secondary N) is 1. The number of aliphatic carboxylic acids is 1. The average molecular weight is 366 g/mol. The second-order valence-corrected chi connectivity index (χ2v) is 3.29. The van der Waals surface area contributed by atoms with Crippen molar-refractivity contribution < 1.29 is 46.6 Å². The number of hydrogen-bond acceptors (Lipinski definition) is 3. The molecule has 0 aromatic carbocycles. The Morgan fingerprint density at radius 3 is 2.18 bits per heavy atom. The van der Waals surface area contributed by atoms with Crippen LogP contribution in [0.25, 0.3) is 0 Å². The van der Waals surface area contributed by atoms with Gasteiger partial charge >= 0.3 is 13.6 Å². The quantitative estimate of drug-likeness (QED) is 0.368. The second-order valence-electron chi connectivity index (χ2n) is 1.64. The molecule has 0 spiro atoms. The van der Waals surface area contributed by atoms with Crippen LogP contribution in [-0.4, -0.2) is 33.7 Å². The molecule has 0 aromatic rings. The molecule has 0 aliphatic carbocycles. The number of carbonyl (C=O) groups is 1. The van der Waals surface area contributed by atoms with Crippen molar-refractivity contribution in [2.45, 2.75) is 0 Å². The van der Waals surface area contributed by atoms with E-state index in [1.54, 1.807) is 0 Å². The fraction of sp³-hybridized carbons (Fsp3) is 0.667. The fourth-order valence-corrected chi connectivity index (χ4v) is 0.712. The van der Waals surface area contributed by atoms with Gasteiger partial charge in [0.25, 0.3) is 0 Å². The summed E-state index contributed by atoms with van der Waals surface area (Å²) in [4.78, 5) is 26.1. The Labute approximate surface area is 78.7 Å². The molecule has 0 bridgehead atoms. The maximum absolute atomic E-state index is 10.1. The molecule has 8 heteroatoms. The van der Waals surface area contributed by atoms with Gasteiger partial charge in [0.05, 0.1) is 12.8 Å². The monoisotopic (exact) mass is 366 g/mol. The summed E-state index contributed by atoms with van der Waals surface area (Å²) >= 11 is 0. The Bertz CT molecular complexity index is 167. The van der Waals surface area contributed by atoms with Gasteiger partial charge in [0.2, 0.25) is 0 Å². The summed E-state index contributed by atoms with van der Waals surface area (Å²) in [6.45, 7) is -0.439. The van der Waals surface area contributed by atoms with E-state index in [0.29, 0.717) is 0 Å². The molecule has 0 aliphatic heterocycles. The molecule has 0 amide bonds. The van der Waals surface area contributed by atoms with Crippen molar-refractivity contribution in [2.24, 2.45) is 0 Å². The predicted octanol–water partition coefficient (Wildman–Crippen LogP) is -1.21. The van der Waals surface area contributed by atoms with Crippen LogP contribution in [0.4, 0.5) is 0 Å². The maximum Gasteiger partial charge on any atom is 0.339 e. The summed E-state index contributed by atoms with van der Waals surface area (Å²) in [5.74, 6) is -1.14. The number of carboxylic acid groups (broad SMARTS) is 1. The van der Waals surface area contributed by atoms with E-state index < -0.39 is 26.4 Å². The Hall–Kier alpha value is 0.320.